The molecule has 1 aliphatic heterocycles. The standard InChI is InChI=1S/C14H14F5NO2/c15-13(16)5-6-20-12(10(13)7-11(21)22)8-1-3-9(4-2-8)14(17,18)19/h1-4,10,12,20H,5-7H2,(H,21,22). The van der Waals surface area contributed by atoms with E-state index in [-0.39, 0.29) is 12.1 Å². The van der Waals surface area contributed by atoms with Crippen molar-refractivity contribution in [3.8, 4) is 0 Å². The molecule has 1 aromatic rings. The summed E-state index contributed by atoms with van der Waals surface area (Å²) in [6.45, 7) is -0.0329. The predicted molar refractivity (Wildman–Crippen MR) is 67.5 cm³/mol. The molecule has 1 saturated heterocycles. The largest absolute Gasteiger partial charge is 0.481 e. The SMILES string of the molecule is O=C(O)CC1C(c2ccc(C(F)(F)F)cc2)NCCC1(F)F. The number of carboxylic acids is 1. The minimum Gasteiger partial charge on any atom is -0.481 e. The average molecular weight is 323 g/mol. The van der Waals surface area contributed by atoms with Gasteiger partial charge in [0.25, 0.3) is 5.92 Å². The van der Waals surface area contributed by atoms with Gasteiger partial charge in [0.1, 0.15) is 0 Å². The van der Waals surface area contributed by atoms with Crippen LogP contribution in [0.2, 0.25) is 0 Å². The molecule has 2 N–H and O–H groups in total. The van der Waals surface area contributed by atoms with E-state index in [9.17, 15) is 26.7 Å². The van der Waals surface area contributed by atoms with Crippen molar-refractivity contribution in [1.29, 1.82) is 0 Å². The van der Waals surface area contributed by atoms with Crippen LogP contribution in [0.1, 0.15) is 30.0 Å². The number of halogens is 5. The molecule has 3 nitrogen and oxygen atoms in total. The Morgan fingerprint density at radius 3 is 2.36 bits per heavy atom. The Kier molecular flexibility index (Phi) is 4.42. The molecule has 22 heavy (non-hydrogen) atoms. The first kappa shape index (κ1) is 16.7. The van der Waals surface area contributed by atoms with Gasteiger partial charge < -0.3 is 10.4 Å². The Labute approximate surface area is 123 Å². The molecular formula is C14H14F5NO2. The normalized spacial score (nSPS) is 25.0. The molecule has 1 fully saturated rings. The Morgan fingerprint density at radius 2 is 1.86 bits per heavy atom. The summed E-state index contributed by atoms with van der Waals surface area (Å²) in [5.74, 6) is -6.06. The van der Waals surface area contributed by atoms with Gasteiger partial charge in [-0.15, -0.1) is 0 Å². The van der Waals surface area contributed by atoms with E-state index in [1.54, 1.807) is 0 Å². The first-order valence-corrected chi connectivity index (χ1v) is 6.61. The third kappa shape index (κ3) is 3.55. The third-order valence-corrected chi connectivity index (χ3v) is 3.76. The van der Waals surface area contributed by atoms with Gasteiger partial charge in [-0.3, -0.25) is 4.79 Å². The maximum atomic E-state index is 14.0. The number of piperidine rings is 1. The van der Waals surface area contributed by atoms with Gasteiger partial charge in [-0.05, 0) is 17.7 Å². The zero-order chi connectivity index (χ0) is 16.5. The van der Waals surface area contributed by atoms with Crippen molar-refractivity contribution >= 4 is 5.97 Å². The lowest BCUT2D eigenvalue weighted by molar-refractivity contribution is -0.148. The molecule has 0 aromatic heterocycles. The van der Waals surface area contributed by atoms with Crippen LogP contribution in [0.5, 0.6) is 0 Å². The van der Waals surface area contributed by atoms with Crippen LogP contribution in [0.4, 0.5) is 22.0 Å². The predicted octanol–water partition coefficient (Wildman–Crippen LogP) is 3.47. The average Bonchev–Trinajstić information content (AvgIpc) is 2.39. The van der Waals surface area contributed by atoms with E-state index < -0.39 is 48.4 Å². The summed E-state index contributed by atoms with van der Waals surface area (Å²) in [5.41, 5.74) is -0.660. The van der Waals surface area contributed by atoms with E-state index >= 15 is 0 Å². The summed E-state index contributed by atoms with van der Waals surface area (Å²) < 4.78 is 65.5. The number of rotatable bonds is 3. The highest BCUT2D eigenvalue weighted by molar-refractivity contribution is 5.67. The minimum atomic E-state index is -4.51. The first-order chi connectivity index (χ1) is 10.1. The number of alkyl halides is 5. The summed E-state index contributed by atoms with van der Waals surface area (Å²) >= 11 is 0. The number of hydrogen-bond donors (Lipinski definition) is 2. The van der Waals surface area contributed by atoms with Gasteiger partial charge in [-0.2, -0.15) is 13.2 Å². The zero-order valence-corrected chi connectivity index (χ0v) is 11.3. The van der Waals surface area contributed by atoms with E-state index in [1.165, 1.54) is 0 Å². The van der Waals surface area contributed by atoms with Gasteiger partial charge in [0.15, 0.2) is 0 Å². The van der Waals surface area contributed by atoms with Gasteiger partial charge in [0.2, 0.25) is 0 Å². The fraction of sp³-hybridized carbons (Fsp3) is 0.500. The number of hydrogen-bond acceptors (Lipinski definition) is 2. The Balaban J connectivity index is 2.30. The summed E-state index contributed by atoms with van der Waals surface area (Å²) in [5, 5.41) is 11.6. The molecule has 2 atom stereocenters. The van der Waals surface area contributed by atoms with E-state index in [4.69, 9.17) is 5.11 Å². The second-order valence-electron chi connectivity index (χ2n) is 5.27. The van der Waals surface area contributed by atoms with E-state index in [2.05, 4.69) is 5.32 Å². The summed E-state index contributed by atoms with van der Waals surface area (Å²) in [7, 11) is 0. The Morgan fingerprint density at radius 1 is 1.27 bits per heavy atom. The molecule has 1 aromatic carbocycles. The van der Waals surface area contributed by atoms with E-state index in [0.717, 1.165) is 24.3 Å². The molecule has 0 saturated carbocycles. The van der Waals surface area contributed by atoms with Crippen LogP contribution < -0.4 is 5.32 Å². The first-order valence-electron chi connectivity index (χ1n) is 6.61. The molecule has 122 valence electrons. The van der Waals surface area contributed by atoms with E-state index in [1.807, 2.05) is 0 Å². The van der Waals surface area contributed by atoms with Crippen LogP contribution in [0.25, 0.3) is 0 Å². The molecule has 0 radical (unpaired) electrons. The lowest BCUT2D eigenvalue weighted by atomic mass is 9.81. The van der Waals surface area contributed by atoms with Crippen molar-refractivity contribution in [3.05, 3.63) is 35.4 Å². The maximum absolute atomic E-state index is 14.0. The fourth-order valence-electron chi connectivity index (χ4n) is 2.65. The smallest absolute Gasteiger partial charge is 0.416 e. The van der Waals surface area contributed by atoms with Crippen LogP contribution in [0.3, 0.4) is 0 Å². The van der Waals surface area contributed by atoms with Crippen molar-refractivity contribution in [1.82, 2.24) is 5.32 Å². The van der Waals surface area contributed by atoms with Crippen molar-refractivity contribution in [2.45, 2.75) is 31.0 Å². The monoisotopic (exact) mass is 323 g/mol. The quantitative estimate of drug-likeness (QED) is 0.838. The minimum absolute atomic E-state index is 0.0329. The lowest BCUT2D eigenvalue weighted by Gasteiger charge is -2.38. The number of aliphatic carboxylic acids is 1. The topological polar surface area (TPSA) is 49.3 Å². The van der Waals surface area contributed by atoms with Crippen LogP contribution >= 0.6 is 0 Å². The van der Waals surface area contributed by atoms with Crippen LogP contribution in [-0.4, -0.2) is 23.5 Å². The fourth-order valence-corrected chi connectivity index (χ4v) is 2.65. The highest BCUT2D eigenvalue weighted by Crippen LogP contribution is 2.42. The lowest BCUT2D eigenvalue weighted by Crippen LogP contribution is -2.47. The number of nitrogens with one attached hydrogen (secondary N) is 1. The molecular weight excluding hydrogens is 309 g/mol. The van der Waals surface area contributed by atoms with Gasteiger partial charge in [-0.1, -0.05) is 12.1 Å². The van der Waals surface area contributed by atoms with Crippen molar-refractivity contribution in [2.24, 2.45) is 5.92 Å². The van der Waals surface area contributed by atoms with Crippen LogP contribution in [0.15, 0.2) is 24.3 Å². The number of carboxylic acid groups (broad SMARTS) is 1. The molecule has 0 amide bonds. The van der Waals surface area contributed by atoms with Gasteiger partial charge >= 0.3 is 12.1 Å². The number of benzene rings is 1. The molecule has 8 heteroatoms. The number of carbonyl (C=O) groups is 1. The highest BCUT2D eigenvalue weighted by Gasteiger charge is 2.48. The maximum Gasteiger partial charge on any atom is 0.416 e. The van der Waals surface area contributed by atoms with Gasteiger partial charge in [-0.25, -0.2) is 8.78 Å². The second kappa shape index (κ2) is 5.83. The molecule has 2 unspecified atom stereocenters. The van der Waals surface area contributed by atoms with Crippen molar-refractivity contribution in [3.63, 3.8) is 0 Å². The molecule has 1 aliphatic rings. The van der Waals surface area contributed by atoms with Crippen molar-refractivity contribution in [2.75, 3.05) is 6.54 Å². The summed E-state index contributed by atoms with van der Waals surface area (Å²) in [6, 6.07) is 2.83. The van der Waals surface area contributed by atoms with Crippen LogP contribution in [0, 0.1) is 5.92 Å². The summed E-state index contributed by atoms with van der Waals surface area (Å²) in [4.78, 5) is 10.8. The van der Waals surface area contributed by atoms with E-state index in [0.29, 0.717) is 0 Å². The highest BCUT2D eigenvalue weighted by atomic mass is 19.4. The molecule has 0 spiro atoms. The van der Waals surface area contributed by atoms with Gasteiger partial charge in [0, 0.05) is 19.0 Å². The zero-order valence-electron chi connectivity index (χ0n) is 11.3. The van der Waals surface area contributed by atoms with Gasteiger partial charge in [0.05, 0.1) is 17.9 Å². The Bertz CT molecular complexity index is 541. The van der Waals surface area contributed by atoms with Crippen LogP contribution in [-0.2, 0) is 11.0 Å². The molecule has 0 bridgehead atoms. The summed E-state index contributed by atoms with van der Waals surface area (Å²) in [6.07, 6.45) is -5.77. The second-order valence-corrected chi connectivity index (χ2v) is 5.27. The molecule has 1 heterocycles. The molecule has 0 aliphatic carbocycles. The van der Waals surface area contributed by atoms with Crippen molar-refractivity contribution < 1.29 is 31.9 Å². The third-order valence-electron chi connectivity index (χ3n) is 3.76. The molecule has 2 rings (SSSR count). The Hall–Kier alpha value is -1.70.